The summed E-state index contributed by atoms with van der Waals surface area (Å²) in [6.07, 6.45) is 1.02. The Balaban J connectivity index is 1.83. The Bertz CT molecular complexity index is 455. The largest absolute Gasteiger partial charge is 0.380 e. The topological polar surface area (TPSA) is 84.6 Å². The van der Waals surface area contributed by atoms with Crippen molar-refractivity contribution in [1.29, 1.82) is 0 Å². The Labute approximate surface area is 129 Å². The molecule has 1 aliphatic rings. The highest BCUT2D eigenvalue weighted by Crippen LogP contribution is 2.19. The molecule has 1 saturated heterocycles. The van der Waals surface area contributed by atoms with Gasteiger partial charge in [-0.25, -0.2) is 4.98 Å². The van der Waals surface area contributed by atoms with Crippen molar-refractivity contribution >= 4 is 22.6 Å². The molecule has 1 aliphatic heterocycles. The standard InChI is InChI=1S/C13H23N5O2S/c1-3-11-15-13(21-16-11)18-6-4-17(5-7-18)12(19)8-10(9-14)20-2/h10H,3-9,14H2,1-2H3. The van der Waals surface area contributed by atoms with Crippen LogP contribution in [0.15, 0.2) is 0 Å². The van der Waals surface area contributed by atoms with Crippen LogP contribution in [0.25, 0.3) is 0 Å². The number of ether oxygens (including phenoxy) is 1. The SMILES string of the molecule is CCc1nsc(N2CCN(C(=O)CC(CN)OC)CC2)n1. The van der Waals surface area contributed by atoms with E-state index in [1.54, 1.807) is 7.11 Å². The lowest BCUT2D eigenvalue weighted by Crippen LogP contribution is -2.49. The van der Waals surface area contributed by atoms with E-state index in [0.717, 1.165) is 30.5 Å². The van der Waals surface area contributed by atoms with Gasteiger partial charge in [-0.2, -0.15) is 4.37 Å². The molecule has 2 rings (SSSR count). The molecule has 2 N–H and O–H groups in total. The summed E-state index contributed by atoms with van der Waals surface area (Å²) in [6, 6.07) is 0. The molecular formula is C13H23N5O2S. The number of rotatable bonds is 6. The van der Waals surface area contributed by atoms with Gasteiger partial charge in [0.15, 0.2) is 0 Å². The van der Waals surface area contributed by atoms with Crippen LogP contribution in [-0.2, 0) is 16.0 Å². The fourth-order valence-electron chi connectivity index (χ4n) is 2.25. The molecule has 1 atom stereocenters. The van der Waals surface area contributed by atoms with Gasteiger partial charge in [0.05, 0.1) is 12.5 Å². The van der Waals surface area contributed by atoms with Gasteiger partial charge in [0.25, 0.3) is 0 Å². The number of aromatic nitrogens is 2. The summed E-state index contributed by atoms with van der Waals surface area (Å²) >= 11 is 1.43. The lowest BCUT2D eigenvalue weighted by Gasteiger charge is -2.34. The van der Waals surface area contributed by atoms with Crippen molar-refractivity contribution in [3.8, 4) is 0 Å². The van der Waals surface area contributed by atoms with Gasteiger partial charge in [-0.15, -0.1) is 0 Å². The Morgan fingerprint density at radius 3 is 2.67 bits per heavy atom. The van der Waals surface area contributed by atoms with Crippen LogP contribution in [0.3, 0.4) is 0 Å². The van der Waals surface area contributed by atoms with E-state index < -0.39 is 0 Å². The smallest absolute Gasteiger partial charge is 0.225 e. The van der Waals surface area contributed by atoms with Crippen molar-refractivity contribution in [3.63, 3.8) is 0 Å². The first-order valence-corrected chi connectivity index (χ1v) is 8.03. The Kier molecular flexibility index (Phi) is 5.89. The van der Waals surface area contributed by atoms with Crippen LogP contribution >= 0.6 is 11.5 Å². The number of methoxy groups -OCH3 is 1. The summed E-state index contributed by atoms with van der Waals surface area (Å²) in [7, 11) is 1.59. The van der Waals surface area contributed by atoms with Gasteiger partial charge in [0, 0.05) is 57.8 Å². The van der Waals surface area contributed by atoms with Gasteiger partial charge in [0.1, 0.15) is 5.82 Å². The number of hydrogen-bond donors (Lipinski definition) is 1. The molecule has 0 aromatic carbocycles. The molecule has 21 heavy (non-hydrogen) atoms. The Hall–Kier alpha value is -1.25. The van der Waals surface area contributed by atoms with Crippen LogP contribution in [0.5, 0.6) is 0 Å². The Morgan fingerprint density at radius 1 is 1.43 bits per heavy atom. The fourth-order valence-corrected chi connectivity index (χ4v) is 3.05. The number of piperazine rings is 1. The summed E-state index contributed by atoms with van der Waals surface area (Å²) in [5.41, 5.74) is 5.56. The molecule has 0 saturated carbocycles. The number of hydrogen-bond acceptors (Lipinski definition) is 7. The second-order valence-corrected chi connectivity index (χ2v) is 5.74. The maximum Gasteiger partial charge on any atom is 0.225 e. The number of carbonyl (C=O) groups is 1. The number of carbonyl (C=O) groups excluding carboxylic acids is 1. The molecule has 1 amide bonds. The van der Waals surface area contributed by atoms with Gasteiger partial charge in [-0.3, -0.25) is 4.79 Å². The predicted molar refractivity (Wildman–Crippen MR) is 82.5 cm³/mol. The summed E-state index contributed by atoms with van der Waals surface area (Å²) in [6.45, 7) is 5.43. The van der Waals surface area contributed by atoms with E-state index in [9.17, 15) is 4.79 Å². The molecule has 1 unspecified atom stereocenters. The van der Waals surface area contributed by atoms with Crippen LogP contribution in [-0.4, -0.2) is 66.1 Å². The molecule has 0 spiro atoms. The van der Waals surface area contributed by atoms with E-state index >= 15 is 0 Å². The van der Waals surface area contributed by atoms with Crippen molar-refractivity contribution in [3.05, 3.63) is 5.82 Å². The molecular weight excluding hydrogens is 290 g/mol. The maximum absolute atomic E-state index is 12.2. The first kappa shape index (κ1) is 16.1. The number of nitrogens with two attached hydrogens (primary N) is 1. The number of amides is 1. The molecule has 7 nitrogen and oxygen atoms in total. The minimum Gasteiger partial charge on any atom is -0.380 e. The zero-order chi connectivity index (χ0) is 15.2. The van der Waals surface area contributed by atoms with Gasteiger partial charge in [-0.05, 0) is 0 Å². The highest BCUT2D eigenvalue weighted by Gasteiger charge is 2.24. The Morgan fingerprint density at radius 2 is 2.14 bits per heavy atom. The fraction of sp³-hybridized carbons (Fsp3) is 0.769. The molecule has 118 valence electrons. The quantitative estimate of drug-likeness (QED) is 0.802. The third-order valence-corrected chi connectivity index (χ3v) is 4.49. The first-order chi connectivity index (χ1) is 10.2. The van der Waals surface area contributed by atoms with E-state index in [1.165, 1.54) is 11.5 Å². The average Bonchev–Trinajstić information content (AvgIpc) is 3.01. The van der Waals surface area contributed by atoms with Crippen molar-refractivity contribution < 1.29 is 9.53 Å². The summed E-state index contributed by atoms with van der Waals surface area (Å²) in [5.74, 6) is 0.998. The molecule has 1 aromatic rings. The van der Waals surface area contributed by atoms with Gasteiger partial charge in [0.2, 0.25) is 11.0 Å². The molecule has 0 bridgehead atoms. The minimum atomic E-state index is -0.189. The summed E-state index contributed by atoms with van der Waals surface area (Å²) < 4.78 is 9.47. The van der Waals surface area contributed by atoms with E-state index in [1.807, 2.05) is 11.8 Å². The molecule has 2 heterocycles. The number of anilines is 1. The van der Waals surface area contributed by atoms with Crippen LogP contribution in [0.2, 0.25) is 0 Å². The van der Waals surface area contributed by atoms with Crippen molar-refractivity contribution in [2.75, 3.05) is 44.7 Å². The second-order valence-electron chi connectivity index (χ2n) is 5.01. The minimum absolute atomic E-state index is 0.110. The maximum atomic E-state index is 12.2. The van der Waals surface area contributed by atoms with Crippen molar-refractivity contribution in [2.24, 2.45) is 5.73 Å². The zero-order valence-electron chi connectivity index (χ0n) is 12.6. The molecule has 1 aromatic heterocycles. The third-order valence-electron chi connectivity index (χ3n) is 3.68. The van der Waals surface area contributed by atoms with E-state index in [0.29, 0.717) is 26.1 Å². The molecule has 1 fully saturated rings. The second kappa shape index (κ2) is 7.67. The van der Waals surface area contributed by atoms with Crippen LogP contribution in [0.4, 0.5) is 5.13 Å². The van der Waals surface area contributed by atoms with Crippen LogP contribution in [0.1, 0.15) is 19.2 Å². The van der Waals surface area contributed by atoms with E-state index in [2.05, 4.69) is 14.3 Å². The monoisotopic (exact) mass is 313 g/mol. The van der Waals surface area contributed by atoms with Crippen molar-refractivity contribution in [1.82, 2.24) is 14.3 Å². The lowest BCUT2D eigenvalue weighted by atomic mass is 10.2. The number of aryl methyl sites for hydroxylation is 1. The lowest BCUT2D eigenvalue weighted by molar-refractivity contribution is -0.133. The van der Waals surface area contributed by atoms with Gasteiger partial charge in [-0.1, -0.05) is 6.92 Å². The zero-order valence-corrected chi connectivity index (χ0v) is 13.4. The van der Waals surface area contributed by atoms with Gasteiger partial charge >= 0.3 is 0 Å². The highest BCUT2D eigenvalue weighted by atomic mass is 32.1. The molecule has 0 radical (unpaired) electrons. The first-order valence-electron chi connectivity index (χ1n) is 7.26. The number of nitrogens with zero attached hydrogens (tertiary/aromatic N) is 4. The summed E-state index contributed by atoms with van der Waals surface area (Å²) in [5, 5.41) is 0.954. The van der Waals surface area contributed by atoms with E-state index in [4.69, 9.17) is 10.5 Å². The van der Waals surface area contributed by atoms with Crippen LogP contribution in [0, 0.1) is 0 Å². The van der Waals surface area contributed by atoms with Gasteiger partial charge < -0.3 is 20.3 Å². The average molecular weight is 313 g/mol. The van der Waals surface area contributed by atoms with Crippen LogP contribution < -0.4 is 10.6 Å². The van der Waals surface area contributed by atoms with E-state index in [-0.39, 0.29) is 12.0 Å². The third kappa shape index (κ3) is 4.12. The van der Waals surface area contributed by atoms with Crippen molar-refractivity contribution in [2.45, 2.75) is 25.9 Å². The normalized spacial score (nSPS) is 17.1. The summed E-state index contributed by atoms with van der Waals surface area (Å²) in [4.78, 5) is 20.7. The predicted octanol–water partition coefficient (Wildman–Crippen LogP) is 0.113. The highest BCUT2D eigenvalue weighted by molar-refractivity contribution is 7.09. The molecule has 8 heteroatoms. The molecule has 0 aliphatic carbocycles.